The molecule has 138 valence electrons. The van der Waals surface area contributed by atoms with Crippen LogP contribution < -0.4 is 0 Å². The number of carbonyl (C=O) groups is 2. The molecule has 1 aromatic heterocycles. The zero-order valence-corrected chi connectivity index (χ0v) is 14.7. The Morgan fingerprint density at radius 1 is 1.19 bits per heavy atom. The molecule has 1 aromatic carbocycles. The summed E-state index contributed by atoms with van der Waals surface area (Å²) < 4.78 is 15.2. The molecule has 0 spiro atoms. The van der Waals surface area contributed by atoms with Crippen molar-refractivity contribution in [3.8, 4) is 0 Å². The Balaban J connectivity index is 1.53. The summed E-state index contributed by atoms with van der Waals surface area (Å²) in [4.78, 5) is 26.9. The van der Waals surface area contributed by atoms with Crippen molar-refractivity contribution < 1.29 is 19.1 Å². The summed E-state index contributed by atoms with van der Waals surface area (Å²) in [5.41, 5.74) is 0.371. The number of aromatic carboxylic acids is 1. The molecule has 3 rings (SSSR count). The van der Waals surface area contributed by atoms with Crippen molar-refractivity contribution in [2.45, 2.75) is 13.1 Å². The van der Waals surface area contributed by atoms with Gasteiger partial charge in [-0.2, -0.15) is 5.10 Å². The van der Waals surface area contributed by atoms with Crippen LogP contribution >= 0.6 is 11.6 Å². The summed E-state index contributed by atoms with van der Waals surface area (Å²) >= 11 is 6.06. The maximum Gasteiger partial charge on any atom is 0.356 e. The average molecular weight is 381 g/mol. The van der Waals surface area contributed by atoms with Crippen molar-refractivity contribution in [3.05, 3.63) is 52.6 Å². The number of rotatable bonds is 5. The minimum Gasteiger partial charge on any atom is -0.476 e. The molecule has 0 bridgehead atoms. The van der Waals surface area contributed by atoms with Crippen LogP contribution in [0.4, 0.5) is 4.39 Å². The fourth-order valence-electron chi connectivity index (χ4n) is 2.86. The van der Waals surface area contributed by atoms with Crippen molar-refractivity contribution in [1.82, 2.24) is 19.6 Å². The smallest absolute Gasteiger partial charge is 0.356 e. The van der Waals surface area contributed by atoms with Crippen LogP contribution in [0.25, 0.3) is 0 Å². The molecule has 2 aromatic rings. The Kier molecular flexibility index (Phi) is 5.53. The van der Waals surface area contributed by atoms with Crippen LogP contribution in [0.1, 0.15) is 16.1 Å². The highest BCUT2D eigenvalue weighted by atomic mass is 35.5. The van der Waals surface area contributed by atoms with E-state index in [2.05, 4.69) is 5.10 Å². The molecule has 2 heterocycles. The first-order valence-electron chi connectivity index (χ1n) is 8.14. The number of carbonyl (C=O) groups excluding carboxylic acids is 1. The first-order chi connectivity index (χ1) is 12.4. The van der Waals surface area contributed by atoms with Gasteiger partial charge in [-0.1, -0.05) is 17.7 Å². The van der Waals surface area contributed by atoms with Gasteiger partial charge >= 0.3 is 5.97 Å². The van der Waals surface area contributed by atoms with Crippen molar-refractivity contribution in [3.63, 3.8) is 0 Å². The molecule has 0 aliphatic carbocycles. The number of carboxylic acids is 1. The fourth-order valence-corrected chi connectivity index (χ4v) is 3.09. The Labute approximate surface area is 154 Å². The predicted octanol–water partition coefficient (Wildman–Crippen LogP) is 1.72. The third kappa shape index (κ3) is 4.20. The highest BCUT2D eigenvalue weighted by Crippen LogP contribution is 2.21. The van der Waals surface area contributed by atoms with E-state index in [1.807, 2.05) is 4.90 Å². The summed E-state index contributed by atoms with van der Waals surface area (Å²) in [5.74, 6) is -1.59. The quantitative estimate of drug-likeness (QED) is 0.854. The molecule has 1 N–H and O–H groups in total. The van der Waals surface area contributed by atoms with Crippen LogP contribution in [0.15, 0.2) is 30.5 Å². The largest absolute Gasteiger partial charge is 0.476 e. The third-order valence-electron chi connectivity index (χ3n) is 4.33. The minimum absolute atomic E-state index is 0.00752. The lowest BCUT2D eigenvalue weighted by molar-refractivity contribution is -0.133. The number of hydrogen-bond acceptors (Lipinski definition) is 4. The van der Waals surface area contributed by atoms with Gasteiger partial charge in [0.2, 0.25) is 5.91 Å². The van der Waals surface area contributed by atoms with E-state index in [1.54, 1.807) is 17.0 Å². The molecule has 7 nitrogen and oxygen atoms in total. The Hall–Kier alpha value is -2.45. The number of piperazine rings is 1. The number of benzene rings is 1. The molecule has 0 unspecified atom stereocenters. The van der Waals surface area contributed by atoms with E-state index in [1.165, 1.54) is 23.0 Å². The Morgan fingerprint density at radius 3 is 2.54 bits per heavy atom. The van der Waals surface area contributed by atoms with Crippen molar-refractivity contribution in [1.29, 1.82) is 0 Å². The fraction of sp³-hybridized carbons (Fsp3) is 0.353. The van der Waals surface area contributed by atoms with Crippen molar-refractivity contribution in [2.24, 2.45) is 0 Å². The lowest BCUT2D eigenvalue weighted by atomic mass is 10.2. The number of amides is 1. The second kappa shape index (κ2) is 7.84. The zero-order chi connectivity index (χ0) is 18.7. The molecule has 1 aliphatic heterocycles. The molecule has 0 radical (unpaired) electrons. The van der Waals surface area contributed by atoms with Crippen molar-refractivity contribution in [2.75, 3.05) is 26.2 Å². The topological polar surface area (TPSA) is 78.7 Å². The molecule has 26 heavy (non-hydrogen) atoms. The van der Waals surface area contributed by atoms with Crippen LogP contribution in [-0.4, -0.2) is 62.7 Å². The van der Waals surface area contributed by atoms with Gasteiger partial charge in [0.15, 0.2) is 5.69 Å². The number of halogens is 2. The van der Waals surface area contributed by atoms with E-state index in [9.17, 15) is 14.0 Å². The highest BCUT2D eigenvalue weighted by molar-refractivity contribution is 6.31. The van der Waals surface area contributed by atoms with E-state index >= 15 is 0 Å². The van der Waals surface area contributed by atoms with Gasteiger partial charge in [-0.05, 0) is 18.2 Å². The number of carboxylic acid groups (broad SMARTS) is 1. The summed E-state index contributed by atoms with van der Waals surface area (Å²) in [5, 5.41) is 13.1. The third-order valence-corrected chi connectivity index (χ3v) is 4.68. The lowest BCUT2D eigenvalue weighted by Crippen LogP contribution is -2.49. The van der Waals surface area contributed by atoms with E-state index < -0.39 is 5.97 Å². The molecule has 0 atom stereocenters. The summed E-state index contributed by atoms with van der Waals surface area (Å²) in [7, 11) is 0. The van der Waals surface area contributed by atoms with Gasteiger partial charge in [0, 0.05) is 49.5 Å². The van der Waals surface area contributed by atoms with E-state index in [-0.39, 0.29) is 24.0 Å². The van der Waals surface area contributed by atoms with Crippen LogP contribution in [0.3, 0.4) is 0 Å². The number of aromatic nitrogens is 2. The molecule has 9 heteroatoms. The molecular formula is C17H18ClFN4O3. The predicted molar refractivity (Wildman–Crippen MR) is 92.5 cm³/mol. The Bertz CT molecular complexity index is 798. The molecule has 1 amide bonds. The lowest BCUT2D eigenvalue weighted by Gasteiger charge is -2.35. The van der Waals surface area contributed by atoms with Crippen LogP contribution in [0.2, 0.25) is 5.02 Å². The van der Waals surface area contributed by atoms with Crippen LogP contribution in [0, 0.1) is 5.82 Å². The molecule has 1 saturated heterocycles. The molecule has 1 fully saturated rings. The van der Waals surface area contributed by atoms with Gasteiger partial charge in [0.05, 0.1) is 0 Å². The summed E-state index contributed by atoms with van der Waals surface area (Å²) in [6.45, 7) is 2.63. The van der Waals surface area contributed by atoms with Crippen molar-refractivity contribution >= 4 is 23.5 Å². The van der Waals surface area contributed by atoms with E-state index in [4.69, 9.17) is 16.7 Å². The van der Waals surface area contributed by atoms with Gasteiger partial charge in [-0.3, -0.25) is 14.4 Å². The minimum atomic E-state index is -1.13. The summed E-state index contributed by atoms with van der Waals surface area (Å²) in [6, 6.07) is 5.97. The summed E-state index contributed by atoms with van der Waals surface area (Å²) in [6.07, 6.45) is 1.47. The monoisotopic (exact) mass is 380 g/mol. The first kappa shape index (κ1) is 18.3. The number of nitrogens with zero attached hydrogens (tertiary/aromatic N) is 4. The zero-order valence-electron chi connectivity index (χ0n) is 13.9. The molecule has 1 aliphatic rings. The SMILES string of the molecule is O=C(O)c1ccn(CC(=O)N2CCN(Cc3c(F)cccc3Cl)CC2)n1. The highest BCUT2D eigenvalue weighted by Gasteiger charge is 2.23. The maximum absolute atomic E-state index is 13.9. The normalized spacial score (nSPS) is 15.2. The number of hydrogen-bond donors (Lipinski definition) is 1. The van der Waals surface area contributed by atoms with E-state index in [0.717, 1.165) is 0 Å². The first-order valence-corrected chi connectivity index (χ1v) is 8.51. The van der Waals surface area contributed by atoms with Gasteiger partial charge in [0.25, 0.3) is 0 Å². The van der Waals surface area contributed by atoms with Gasteiger partial charge in [0.1, 0.15) is 12.4 Å². The van der Waals surface area contributed by atoms with Gasteiger partial charge in [-0.25, -0.2) is 9.18 Å². The molecule has 0 saturated carbocycles. The van der Waals surface area contributed by atoms with Gasteiger partial charge < -0.3 is 10.0 Å². The second-order valence-corrected chi connectivity index (χ2v) is 6.47. The van der Waals surface area contributed by atoms with E-state index in [0.29, 0.717) is 43.3 Å². The van der Waals surface area contributed by atoms with Crippen LogP contribution in [-0.2, 0) is 17.9 Å². The Morgan fingerprint density at radius 2 is 1.92 bits per heavy atom. The van der Waals surface area contributed by atoms with Crippen LogP contribution in [0.5, 0.6) is 0 Å². The standard InChI is InChI=1S/C17H18ClFN4O3/c18-13-2-1-3-14(19)12(13)10-21-6-8-22(9-7-21)16(24)11-23-5-4-15(20-23)17(25)26/h1-5H,6-11H2,(H,25,26). The molecular weight excluding hydrogens is 363 g/mol. The maximum atomic E-state index is 13.9. The van der Waals surface area contributed by atoms with Gasteiger partial charge in [-0.15, -0.1) is 0 Å². The average Bonchev–Trinajstić information content (AvgIpc) is 3.07. The second-order valence-electron chi connectivity index (χ2n) is 6.06.